The Hall–Kier alpha value is -3.51. The molecule has 0 spiro atoms. The summed E-state index contributed by atoms with van der Waals surface area (Å²) in [7, 11) is 0. The van der Waals surface area contributed by atoms with Crippen LogP contribution in [0.1, 0.15) is 16.1 Å². The molecule has 0 fully saturated rings. The van der Waals surface area contributed by atoms with Crippen LogP contribution in [0.3, 0.4) is 0 Å². The van der Waals surface area contributed by atoms with Crippen LogP contribution in [0.4, 0.5) is 30.4 Å². The Kier molecular flexibility index (Phi) is 4.86. The van der Waals surface area contributed by atoms with Crippen molar-refractivity contribution in [1.29, 1.82) is 0 Å². The maximum atomic E-state index is 12.7. The van der Waals surface area contributed by atoms with Crippen molar-refractivity contribution in [3.05, 3.63) is 82.4 Å². The lowest BCUT2D eigenvalue weighted by atomic mass is 10.1. The van der Waals surface area contributed by atoms with Crippen LogP contribution in [0.2, 0.25) is 0 Å². The zero-order valence-electron chi connectivity index (χ0n) is 14.7. The van der Waals surface area contributed by atoms with Gasteiger partial charge in [-0.3, -0.25) is 0 Å². The number of alkyl halides is 3. The molecule has 1 N–H and O–H groups in total. The molecule has 2 aromatic heterocycles. The Labute approximate surface area is 167 Å². The molecular weight excluding hydrogens is 399 g/mol. The normalized spacial score (nSPS) is 11.4. The summed E-state index contributed by atoms with van der Waals surface area (Å²) in [5, 5.41) is 3.77. The van der Waals surface area contributed by atoms with Crippen molar-refractivity contribution >= 4 is 38.9 Å². The predicted octanol–water partition coefficient (Wildman–Crippen LogP) is 5.99. The Bertz CT molecular complexity index is 1210. The molecule has 0 amide bonds. The van der Waals surface area contributed by atoms with E-state index in [0.717, 1.165) is 22.7 Å². The second kappa shape index (κ2) is 7.48. The van der Waals surface area contributed by atoms with Gasteiger partial charge in [-0.1, -0.05) is 35.6 Å². The van der Waals surface area contributed by atoms with Crippen molar-refractivity contribution in [2.45, 2.75) is 12.6 Å². The quantitative estimate of drug-likeness (QED) is 0.419. The Balaban J connectivity index is 1.62. The SMILES string of the molecule is [C-]#[N+]c1ccccc1Cc1nc2c(Nc3ccc(C(F)(F)F)cc3)ncnc2s1. The van der Waals surface area contributed by atoms with Gasteiger partial charge in [0.2, 0.25) is 0 Å². The average molecular weight is 411 g/mol. The number of hydrogen-bond donors (Lipinski definition) is 1. The summed E-state index contributed by atoms with van der Waals surface area (Å²) in [6, 6.07) is 12.0. The van der Waals surface area contributed by atoms with Gasteiger partial charge in [0.1, 0.15) is 16.7 Å². The van der Waals surface area contributed by atoms with Gasteiger partial charge in [-0.15, -0.1) is 0 Å². The summed E-state index contributed by atoms with van der Waals surface area (Å²) >= 11 is 1.39. The molecular formula is C20H12F3N5S. The van der Waals surface area contributed by atoms with E-state index in [0.29, 0.717) is 34.0 Å². The van der Waals surface area contributed by atoms with Gasteiger partial charge in [-0.2, -0.15) is 13.2 Å². The van der Waals surface area contributed by atoms with Gasteiger partial charge < -0.3 is 5.32 Å². The van der Waals surface area contributed by atoms with Gasteiger partial charge in [0.25, 0.3) is 0 Å². The number of hydrogen-bond acceptors (Lipinski definition) is 5. The molecule has 4 rings (SSSR count). The van der Waals surface area contributed by atoms with Crippen LogP contribution in [-0.4, -0.2) is 15.0 Å². The Morgan fingerprint density at radius 2 is 1.79 bits per heavy atom. The predicted molar refractivity (Wildman–Crippen MR) is 105 cm³/mol. The number of thiazole rings is 1. The molecule has 0 saturated heterocycles. The number of rotatable bonds is 4. The minimum absolute atomic E-state index is 0.413. The van der Waals surface area contributed by atoms with Gasteiger partial charge in [0.05, 0.1) is 17.1 Å². The maximum absolute atomic E-state index is 12.7. The standard InChI is InChI=1S/C20H12F3N5S/c1-24-15-5-3-2-4-12(15)10-16-28-17-18(25-11-26-19(17)29-16)27-14-8-6-13(7-9-14)20(21,22)23/h2-9,11H,10H2,(H,25,26,27). The van der Waals surface area contributed by atoms with E-state index in [2.05, 4.69) is 25.1 Å². The van der Waals surface area contributed by atoms with Crippen LogP contribution in [0.15, 0.2) is 54.9 Å². The first kappa shape index (κ1) is 18.8. The first-order chi connectivity index (χ1) is 13.9. The zero-order chi connectivity index (χ0) is 20.4. The summed E-state index contributed by atoms with van der Waals surface area (Å²) in [6.07, 6.45) is -2.52. The van der Waals surface area contributed by atoms with Crippen LogP contribution in [0.25, 0.3) is 15.2 Å². The molecule has 2 aromatic carbocycles. The third-order valence-corrected chi connectivity index (χ3v) is 5.13. The number of benzene rings is 2. The number of nitrogens with one attached hydrogen (secondary N) is 1. The molecule has 29 heavy (non-hydrogen) atoms. The van der Waals surface area contributed by atoms with Crippen LogP contribution in [-0.2, 0) is 12.6 Å². The van der Waals surface area contributed by atoms with Crippen LogP contribution in [0, 0.1) is 6.57 Å². The number of para-hydroxylation sites is 1. The molecule has 0 bridgehead atoms. The van der Waals surface area contributed by atoms with E-state index in [1.54, 1.807) is 6.07 Å². The number of nitrogens with zero attached hydrogens (tertiary/aromatic N) is 4. The highest BCUT2D eigenvalue weighted by atomic mass is 32.1. The molecule has 0 aliphatic rings. The molecule has 0 radical (unpaired) electrons. The number of aromatic nitrogens is 3. The first-order valence-corrected chi connectivity index (χ1v) is 9.26. The molecule has 0 unspecified atom stereocenters. The third kappa shape index (κ3) is 4.02. The highest BCUT2D eigenvalue weighted by Gasteiger charge is 2.30. The molecule has 9 heteroatoms. The van der Waals surface area contributed by atoms with E-state index in [4.69, 9.17) is 6.57 Å². The van der Waals surface area contributed by atoms with Crippen LogP contribution >= 0.6 is 11.3 Å². The minimum Gasteiger partial charge on any atom is -0.338 e. The van der Waals surface area contributed by atoms with E-state index in [1.165, 1.54) is 29.8 Å². The van der Waals surface area contributed by atoms with Gasteiger partial charge in [-0.25, -0.2) is 19.8 Å². The smallest absolute Gasteiger partial charge is 0.338 e. The van der Waals surface area contributed by atoms with Crippen molar-refractivity contribution in [3.63, 3.8) is 0 Å². The summed E-state index contributed by atoms with van der Waals surface area (Å²) < 4.78 is 38.2. The number of anilines is 2. The molecule has 2 heterocycles. The molecule has 0 saturated carbocycles. The van der Waals surface area contributed by atoms with Crippen molar-refractivity contribution in [3.8, 4) is 0 Å². The Morgan fingerprint density at radius 1 is 1.03 bits per heavy atom. The van der Waals surface area contributed by atoms with Crippen molar-refractivity contribution < 1.29 is 13.2 Å². The van der Waals surface area contributed by atoms with Crippen molar-refractivity contribution in [2.75, 3.05) is 5.32 Å². The highest BCUT2D eigenvalue weighted by Crippen LogP contribution is 2.32. The average Bonchev–Trinajstić information content (AvgIpc) is 3.12. The summed E-state index contributed by atoms with van der Waals surface area (Å²) in [6.45, 7) is 7.28. The topological polar surface area (TPSA) is 55.1 Å². The van der Waals surface area contributed by atoms with Gasteiger partial charge in [0.15, 0.2) is 11.5 Å². The first-order valence-electron chi connectivity index (χ1n) is 8.44. The van der Waals surface area contributed by atoms with Crippen molar-refractivity contribution in [1.82, 2.24) is 15.0 Å². The fraction of sp³-hybridized carbons (Fsp3) is 0.100. The summed E-state index contributed by atoms with van der Waals surface area (Å²) in [4.78, 5) is 17.2. The van der Waals surface area contributed by atoms with E-state index >= 15 is 0 Å². The van der Waals surface area contributed by atoms with E-state index < -0.39 is 11.7 Å². The summed E-state index contributed by atoms with van der Waals surface area (Å²) in [5.41, 5.74) is 1.72. The lowest BCUT2D eigenvalue weighted by Crippen LogP contribution is -2.04. The van der Waals surface area contributed by atoms with Gasteiger partial charge >= 0.3 is 6.18 Å². The fourth-order valence-electron chi connectivity index (χ4n) is 2.78. The molecule has 5 nitrogen and oxygen atoms in total. The molecule has 4 aromatic rings. The fourth-order valence-corrected chi connectivity index (χ4v) is 3.70. The third-order valence-electron chi connectivity index (χ3n) is 4.17. The van der Waals surface area contributed by atoms with Crippen molar-refractivity contribution in [2.24, 2.45) is 0 Å². The van der Waals surface area contributed by atoms with Crippen LogP contribution in [0.5, 0.6) is 0 Å². The molecule has 0 aliphatic heterocycles. The highest BCUT2D eigenvalue weighted by molar-refractivity contribution is 7.18. The number of halogens is 3. The second-order valence-corrected chi connectivity index (χ2v) is 7.16. The number of fused-ring (bicyclic) bond motifs is 1. The minimum atomic E-state index is -4.38. The Morgan fingerprint density at radius 3 is 2.52 bits per heavy atom. The van der Waals surface area contributed by atoms with E-state index in [9.17, 15) is 13.2 Å². The molecule has 0 atom stereocenters. The monoisotopic (exact) mass is 411 g/mol. The summed E-state index contributed by atoms with van der Waals surface area (Å²) in [5.74, 6) is 0.413. The maximum Gasteiger partial charge on any atom is 0.416 e. The molecule has 144 valence electrons. The lowest BCUT2D eigenvalue weighted by Gasteiger charge is -2.09. The lowest BCUT2D eigenvalue weighted by molar-refractivity contribution is -0.137. The largest absolute Gasteiger partial charge is 0.416 e. The van der Waals surface area contributed by atoms with Crippen LogP contribution < -0.4 is 5.32 Å². The van der Waals surface area contributed by atoms with Gasteiger partial charge in [-0.05, 0) is 29.8 Å². The van der Waals surface area contributed by atoms with E-state index in [-0.39, 0.29) is 0 Å². The van der Waals surface area contributed by atoms with E-state index in [1.807, 2.05) is 18.2 Å². The molecule has 0 aliphatic carbocycles. The zero-order valence-corrected chi connectivity index (χ0v) is 15.6. The van der Waals surface area contributed by atoms with Gasteiger partial charge in [0, 0.05) is 12.1 Å². The second-order valence-electron chi connectivity index (χ2n) is 6.10.